The van der Waals surface area contributed by atoms with Gasteiger partial charge >= 0.3 is 5.97 Å². The van der Waals surface area contributed by atoms with E-state index in [0.717, 1.165) is 22.5 Å². The van der Waals surface area contributed by atoms with Crippen molar-refractivity contribution in [2.45, 2.75) is 6.92 Å². The van der Waals surface area contributed by atoms with Gasteiger partial charge in [-0.15, -0.1) is 0 Å². The molecule has 0 atom stereocenters. The number of hydrogen-bond acceptors (Lipinski definition) is 2. The maximum atomic E-state index is 13.7. The number of rotatable bonds is 3. The lowest BCUT2D eigenvalue weighted by molar-refractivity contribution is 0.0697. The number of carboxylic acid groups (broad SMARTS) is 1. The van der Waals surface area contributed by atoms with Gasteiger partial charge in [-0.2, -0.15) is 0 Å². The van der Waals surface area contributed by atoms with Crippen LogP contribution in [0.3, 0.4) is 0 Å². The molecule has 2 aromatic carbocycles. The van der Waals surface area contributed by atoms with Gasteiger partial charge in [-0.25, -0.2) is 9.18 Å². The van der Waals surface area contributed by atoms with Crippen LogP contribution in [0.1, 0.15) is 15.9 Å². The number of benzene rings is 2. The number of carboxylic acids is 1. The summed E-state index contributed by atoms with van der Waals surface area (Å²) >= 11 is 3.50. The zero-order valence-electron chi connectivity index (χ0n) is 13.6. The van der Waals surface area contributed by atoms with Crippen LogP contribution in [-0.2, 0) is 0 Å². The van der Waals surface area contributed by atoms with Gasteiger partial charge in [-0.05, 0) is 70.4 Å². The second-order valence-electron chi connectivity index (χ2n) is 6.01. The van der Waals surface area contributed by atoms with Crippen molar-refractivity contribution in [3.05, 3.63) is 69.9 Å². The van der Waals surface area contributed by atoms with Crippen molar-refractivity contribution in [1.29, 1.82) is 0 Å². The second kappa shape index (κ2) is 6.14. The number of fused-ring (bicyclic) bond motifs is 1. The monoisotopic (exact) mass is 413 g/mol. The predicted molar refractivity (Wildman–Crippen MR) is 101 cm³/mol. The zero-order chi connectivity index (χ0) is 18.4. The third-order valence-corrected chi connectivity index (χ3v) is 5.04. The number of halogens is 2. The molecule has 130 valence electrons. The predicted octanol–water partition coefficient (Wildman–Crippen LogP) is 6.00. The smallest absolute Gasteiger partial charge is 0.335 e. The molecule has 26 heavy (non-hydrogen) atoms. The van der Waals surface area contributed by atoms with Crippen LogP contribution >= 0.6 is 15.9 Å². The Bertz CT molecular complexity index is 1140. The Morgan fingerprint density at radius 1 is 1.12 bits per heavy atom. The highest BCUT2D eigenvalue weighted by Crippen LogP contribution is 2.39. The van der Waals surface area contributed by atoms with E-state index in [2.05, 4.69) is 20.9 Å². The first kappa shape index (κ1) is 16.6. The largest absolute Gasteiger partial charge is 0.478 e. The van der Waals surface area contributed by atoms with Gasteiger partial charge in [0.15, 0.2) is 5.76 Å². The Kier molecular flexibility index (Phi) is 3.92. The molecule has 2 N–H and O–H groups in total. The van der Waals surface area contributed by atoms with E-state index in [1.807, 2.05) is 12.1 Å². The molecular formula is C20H13BrFNO3. The minimum Gasteiger partial charge on any atom is -0.478 e. The van der Waals surface area contributed by atoms with Crippen LogP contribution in [0.25, 0.3) is 33.7 Å². The van der Waals surface area contributed by atoms with Crippen LogP contribution in [0.2, 0.25) is 0 Å². The molecule has 0 spiro atoms. The second-order valence-corrected chi connectivity index (χ2v) is 6.81. The number of aromatic nitrogens is 1. The average molecular weight is 414 g/mol. The van der Waals surface area contributed by atoms with E-state index >= 15 is 0 Å². The lowest BCUT2D eigenvalue weighted by atomic mass is 10.1. The fourth-order valence-corrected chi connectivity index (χ4v) is 3.55. The quantitative estimate of drug-likeness (QED) is 0.432. The van der Waals surface area contributed by atoms with E-state index < -0.39 is 5.97 Å². The molecule has 2 heterocycles. The highest BCUT2D eigenvalue weighted by molar-refractivity contribution is 9.10. The van der Waals surface area contributed by atoms with Crippen molar-refractivity contribution in [1.82, 2.24) is 4.98 Å². The molecule has 0 unspecified atom stereocenters. The SMILES string of the molecule is Cc1cc(F)cc2c(Br)c(-c3ccc(-c4ccc(C(=O)O)cc4)[nH]3)oc12. The van der Waals surface area contributed by atoms with Gasteiger partial charge in [-0.3, -0.25) is 0 Å². The Labute approximate surface area is 156 Å². The van der Waals surface area contributed by atoms with Gasteiger partial charge in [0.05, 0.1) is 15.7 Å². The Morgan fingerprint density at radius 2 is 1.81 bits per heavy atom. The minimum atomic E-state index is -0.961. The van der Waals surface area contributed by atoms with E-state index in [1.54, 1.807) is 31.2 Å². The summed E-state index contributed by atoms with van der Waals surface area (Å²) in [6.45, 7) is 1.80. The molecular weight excluding hydrogens is 401 g/mol. The normalized spacial score (nSPS) is 11.2. The first-order valence-corrected chi connectivity index (χ1v) is 8.64. The van der Waals surface area contributed by atoms with Crippen LogP contribution in [0, 0.1) is 12.7 Å². The van der Waals surface area contributed by atoms with Crippen LogP contribution < -0.4 is 0 Å². The minimum absolute atomic E-state index is 0.234. The molecule has 0 fully saturated rings. The van der Waals surface area contributed by atoms with Gasteiger partial charge < -0.3 is 14.5 Å². The number of nitrogens with one attached hydrogen (secondary N) is 1. The van der Waals surface area contributed by atoms with E-state index in [4.69, 9.17) is 9.52 Å². The standard InChI is InChI=1S/C20H13BrFNO3/c1-10-8-13(22)9-14-17(21)19(26-18(10)14)16-7-6-15(23-16)11-2-4-12(5-3-11)20(24)25/h2-9,23H,1H3,(H,24,25). The van der Waals surface area contributed by atoms with Gasteiger partial charge in [0, 0.05) is 11.1 Å². The summed E-state index contributed by atoms with van der Waals surface area (Å²) < 4.78 is 20.3. The first-order valence-electron chi connectivity index (χ1n) is 7.85. The van der Waals surface area contributed by atoms with Crippen molar-refractivity contribution in [3.63, 3.8) is 0 Å². The van der Waals surface area contributed by atoms with Crippen molar-refractivity contribution < 1.29 is 18.7 Å². The molecule has 0 aliphatic rings. The summed E-state index contributed by atoms with van der Waals surface area (Å²) in [5.74, 6) is -0.687. The number of aromatic carboxylic acids is 1. The Balaban J connectivity index is 1.76. The lowest BCUT2D eigenvalue weighted by Crippen LogP contribution is -1.94. The van der Waals surface area contributed by atoms with Gasteiger partial charge in [0.1, 0.15) is 11.4 Å². The van der Waals surface area contributed by atoms with Gasteiger partial charge in [0.2, 0.25) is 0 Å². The summed E-state index contributed by atoms with van der Waals surface area (Å²) in [4.78, 5) is 14.2. The first-order chi connectivity index (χ1) is 12.4. The number of furan rings is 1. The van der Waals surface area contributed by atoms with Crippen LogP contribution in [0.15, 0.2) is 57.4 Å². The molecule has 0 saturated carbocycles. The summed E-state index contributed by atoms with van der Waals surface area (Å²) in [7, 11) is 0. The zero-order valence-corrected chi connectivity index (χ0v) is 15.2. The number of hydrogen-bond donors (Lipinski definition) is 2. The number of aromatic amines is 1. The summed E-state index contributed by atoms with van der Waals surface area (Å²) in [5.41, 5.74) is 4.02. The van der Waals surface area contributed by atoms with Crippen molar-refractivity contribution in [3.8, 4) is 22.7 Å². The fourth-order valence-electron chi connectivity index (χ4n) is 2.96. The van der Waals surface area contributed by atoms with Gasteiger partial charge in [0.25, 0.3) is 0 Å². The van der Waals surface area contributed by atoms with Crippen molar-refractivity contribution in [2.75, 3.05) is 0 Å². The maximum Gasteiger partial charge on any atom is 0.335 e. The highest BCUT2D eigenvalue weighted by Gasteiger charge is 2.18. The molecule has 4 rings (SSSR count). The Morgan fingerprint density at radius 3 is 2.50 bits per heavy atom. The maximum absolute atomic E-state index is 13.7. The molecule has 4 nitrogen and oxygen atoms in total. The summed E-state index contributed by atoms with van der Waals surface area (Å²) in [6.07, 6.45) is 0. The van der Waals surface area contributed by atoms with Crippen LogP contribution in [-0.4, -0.2) is 16.1 Å². The van der Waals surface area contributed by atoms with E-state index in [1.165, 1.54) is 12.1 Å². The molecule has 0 saturated heterocycles. The molecule has 0 aliphatic carbocycles. The van der Waals surface area contributed by atoms with Crippen LogP contribution in [0.5, 0.6) is 0 Å². The molecule has 0 aliphatic heterocycles. The molecule has 0 radical (unpaired) electrons. The van der Waals surface area contributed by atoms with Crippen molar-refractivity contribution >= 4 is 32.9 Å². The molecule has 0 bridgehead atoms. The van der Waals surface area contributed by atoms with Crippen LogP contribution in [0.4, 0.5) is 4.39 Å². The third kappa shape index (κ3) is 2.72. The average Bonchev–Trinajstić information content (AvgIpc) is 3.21. The topological polar surface area (TPSA) is 66.2 Å². The number of carbonyl (C=O) groups is 1. The Hall–Kier alpha value is -2.86. The van der Waals surface area contributed by atoms with Gasteiger partial charge in [-0.1, -0.05) is 12.1 Å². The van der Waals surface area contributed by atoms with Crippen molar-refractivity contribution in [2.24, 2.45) is 0 Å². The molecule has 0 amide bonds. The van der Waals surface area contributed by atoms with E-state index in [-0.39, 0.29) is 11.4 Å². The van der Waals surface area contributed by atoms with E-state index in [9.17, 15) is 9.18 Å². The molecule has 2 aromatic heterocycles. The molecule has 4 aromatic rings. The lowest BCUT2D eigenvalue weighted by Gasteiger charge is -2.00. The summed E-state index contributed by atoms with van der Waals surface area (Å²) in [6, 6.07) is 13.2. The number of H-pyrrole nitrogens is 1. The van der Waals surface area contributed by atoms with E-state index in [0.29, 0.717) is 21.2 Å². The number of aryl methyl sites for hydroxylation is 1. The summed E-state index contributed by atoms with van der Waals surface area (Å²) in [5, 5.41) is 9.67. The molecule has 6 heteroatoms. The fraction of sp³-hybridized carbons (Fsp3) is 0.0500. The highest BCUT2D eigenvalue weighted by atomic mass is 79.9. The third-order valence-electron chi connectivity index (χ3n) is 4.25.